The molecule has 0 heterocycles. The minimum absolute atomic E-state index is 0. The van der Waals surface area contributed by atoms with E-state index in [0.29, 0.717) is 12.8 Å². The maximum absolute atomic E-state index is 11.6. The molecule has 0 aliphatic rings. The minimum Gasteiger partial charge on any atom is -0.744 e. The van der Waals surface area contributed by atoms with Gasteiger partial charge in [-0.2, -0.15) is 0 Å². The molecule has 0 radical (unpaired) electrons. The third kappa shape index (κ3) is 18.8. The monoisotopic (exact) mass is 644 g/mol. The molecule has 0 saturated heterocycles. The Morgan fingerprint density at radius 3 is 1.19 bits per heavy atom. The first-order valence-electron chi connectivity index (χ1n) is 13.4. The topological polar surface area (TPSA) is 167 Å². The summed E-state index contributed by atoms with van der Waals surface area (Å²) >= 11 is 0. The fourth-order valence-electron chi connectivity index (χ4n) is 3.58. The van der Waals surface area contributed by atoms with E-state index in [2.05, 4.69) is 13.8 Å². The second kappa shape index (κ2) is 23.6. The third-order valence-electron chi connectivity index (χ3n) is 5.65. The molecule has 224 valence electrons. The van der Waals surface area contributed by atoms with Crippen molar-refractivity contribution in [3.05, 3.63) is 48.5 Å². The molecular weight excluding hydrogens is 606 g/mol. The molecule has 0 aliphatic carbocycles. The van der Waals surface area contributed by atoms with Crippen molar-refractivity contribution in [2.75, 3.05) is 0 Å². The molecule has 2 aromatic rings. The van der Waals surface area contributed by atoms with Gasteiger partial charge in [-0.15, -0.1) is 0 Å². The molecule has 0 N–H and O–H groups in total. The molecule has 14 heteroatoms. The van der Waals surface area contributed by atoms with Crippen LogP contribution in [0.4, 0.5) is 0 Å². The molecular formula is C28H38Na2O10S2. The van der Waals surface area contributed by atoms with Gasteiger partial charge in [0.1, 0.15) is 31.7 Å². The molecule has 0 spiro atoms. The van der Waals surface area contributed by atoms with Crippen LogP contribution in [0.2, 0.25) is 0 Å². The van der Waals surface area contributed by atoms with Crippen molar-refractivity contribution in [3.63, 3.8) is 0 Å². The SMILES string of the molecule is CCCCCCCC(=O)Oc1ccccc1S(=O)(=O)[O-].CCCCCCCC(=O)Oc1ccccc1S(=O)(=O)[O-].[Na+].[Na+]. The van der Waals surface area contributed by atoms with Gasteiger partial charge in [-0.3, -0.25) is 9.59 Å². The van der Waals surface area contributed by atoms with Gasteiger partial charge in [-0.1, -0.05) is 89.5 Å². The maximum atomic E-state index is 11.6. The van der Waals surface area contributed by atoms with Crippen molar-refractivity contribution in [1.29, 1.82) is 0 Å². The van der Waals surface area contributed by atoms with Gasteiger partial charge < -0.3 is 18.6 Å². The van der Waals surface area contributed by atoms with Crippen LogP contribution < -0.4 is 68.6 Å². The number of hydrogen-bond acceptors (Lipinski definition) is 10. The average molecular weight is 645 g/mol. The van der Waals surface area contributed by atoms with Crippen LogP contribution in [-0.2, 0) is 29.8 Å². The van der Waals surface area contributed by atoms with Crippen molar-refractivity contribution < 1.29 is 104 Å². The van der Waals surface area contributed by atoms with E-state index in [-0.39, 0.29) is 83.5 Å². The number of hydrogen-bond donors (Lipinski definition) is 0. The van der Waals surface area contributed by atoms with Gasteiger partial charge in [-0.25, -0.2) is 16.8 Å². The van der Waals surface area contributed by atoms with Crippen LogP contribution in [0.3, 0.4) is 0 Å². The van der Waals surface area contributed by atoms with Crippen LogP contribution in [0.5, 0.6) is 11.5 Å². The van der Waals surface area contributed by atoms with E-state index in [1.807, 2.05) is 0 Å². The summed E-state index contributed by atoms with van der Waals surface area (Å²) in [4.78, 5) is 22.2. The Hall–Kier alpha value is -0.800. The van der Waals surface area contributed by atoms with Crippen LogP contribution >= 0.6 is 0 Å². The summed E-state index contributed by atoms with van der Waals surface area (Å²) in [6.45, 7) is 4.21. The minimum atomic E-state index is -4.64. The first-order chi connectivity index (χ1) is 18.9. The summed E-state index contributed by atoms with van der Waals surface area (Å²) in [6.07, 6.45) is 10.3. The fourth-order valence-corrected chi connectivity index (χ4v) is 4.78. The third-order valence-corrected chi connectivity index (χ3v) is 7.41. The normalized spacial score (nSPS) is 10.8. The van der Waals surface area contributed by atoms with E-state index >= 15 is 0 Å². The van der Waals surface area contributed by atoms with Crippen LogP contribution in [-0.4, -0.2) is 37.9 Å². The maximum Gasteiger partial charge on any atom is 1.00 e. The Morgan fingerprint density at radius 1 is 0.571 bits per heavy atom. The van der Waals surface area contributed by atoms with Gasteiger partial charge in [-0.05, 0) is 37.1 Å². The van der Waals surface area contributed by atoms with Gasteiger partial charge in [0.2, 0.25) is 0 Å². The van der Waals surface area contributed by atoms with Crippen LogP contribution in [0.1, 0.15) is 90.9 Å². The van der Waals surface area contributed by atoms with Crippen LogP contribution in [0, 0.1) is 0 Å². The Labute approximate surface area is 294 Å². The number of benzene rings is 2. The quantitative estimate of drug-likeness (QED) is 0.0780. The number of carbonyl (C=O) groups excluding carboxylic acids is 2. The van der Waals surface area contributed by atoms with Gasteiger partial charge in [0.25, 0.3) is 0 Å². The summed E-state index contributed by atoms with van der Waals surface area (Å²) in [5.41, 5.74) is 0. The summed E-state index contributed by atoms with van der Waals surface area (Å²) in [5.74, 6) is -1.42. The fraction of sp³-hybridized carbons (Fsp3) is 0.500. The first kappa shape index (κ1) is 43.3. The molecule has 0 bridgehead atoms. The Bertz CT molecular complexity index is 1180. The van der Waals surface area contributed by atoms with E-state index in [9.17, 15) is 35.5 Å². The zero-order valence-corrected chi connectivity index (χ0v) is 30.6. The van der Waals surface area contributed by atoms with E-state index in [4.69, 9.17) is 9.47 Å². The Balaban J connectivity index is 0. The van der Waals surface area contributed by atoms with E-state index in [1.54, 1.807) is 0 Å². The second-order valence-electron chi connectivity index (χ2n) is 9.08. The van der Waals surface area contributed by atoms with Crippen molar-refractivity contribution in [2.24, 2.45) is 0 Å². The number of carbonyl (C=O) groups is 2. The molecule has 0 amide bonds. The molecule has 0 atom stereocenters. The molecule has 0 fully saturated rings. The molecule has 42 heavy (non-hydrogen) atoms. The summed E-state index contributed by atoms with van der Waals surface area (Å²) in [5, 5.41) is 0. The summed E-state index contributed by atoms with van der Waals surface area (Å²) in [7, 11) is -9.28. The molecule has 10 nitrogen and oxygen atoms in total. The Kier molecular flexibility index (Phi) is 24.3. The zero-order valence-electron chi connectivity index (χ0n) is 25.0. The smallest absolute Gasteiger partial charge is 0.744 e. The molecule has 0 aliphatic heterocycles. The van der Waals surface area contributed by atoms with Gasteiger partial charge in [0.15, 0.2) is 0 Å². The van der Waals surface area contributed by atoms with E-state index in [1.165, 1.54) is 36.4 Å². The standard InChI is InChI=1S/2C14H20O5S.2Na/c2*1-2-3-4-5-6-11-14(15)19-12-9-7-8-10-13(12)20(16,17)18;;/h2*7-10H,2-6,11H2,1H3,(H,16,17,18);;/q;;2*+1/p-2. The predicted molar refractivity (Wildman–Crippen MR) is 147 cm³/mol. The summed E-state index contributed by atoms with van der Waals surface area (Å²) < 4.78 is 76.0. The molecule has 0 aromatic heterocycles. The predicted octanol–water partition coefficient (Wildman–Crippen LogP) is -0.279. The van der Waals surface area contributed by atoms with Crippen LogP contribution in [0.15, 0.2) is 58.3 Å². The van der Waals surface area contributed by atoms with Crippen molar-refractivity contribution in [3.8, 4) is 11.5 Å². The molecule has 0 unspecified atom stereocenters. The number of rotatable bonds is 16. The molecule has 2 aromatic carbocycles. The zero-order chi connectivity index (χ0) is 30.0. The Morgan fingerprint density at radius 2 is 0.881 bits per heavy atom. The number of esters is 2. The van der Waals surface area contributed by atoms with Gasteiger partial charge >= 0.3 is 71.1 Å². The van der Waals surface area contributed by atoms with Crippen molar-refractivity contribution in [2.45, 2.75) is 101 Å². The summed E-state index contributed by atoms with van der Waals surface area (Å²) in [6, 6.07) is 10.7. The van der Waals surface area contributed by atoms with Crippen molar-refractivity contribution >= 4 is 32.2 Å². The number of ether oxygens (including phenoxy) is 2. The number of unbranched alkanes of at least 4 members (excludes halogenated alkanes) is 8. The van der Waals surface area contributed by atoms with Gasteiger partial charge in [0, 0.05) is 12.8 Å². The molecule has 2 rings (SSSR count). The number of para-hydroxylation sites is 2. The van der Waals surface area contributed by atoms with Gasteiger partial charge in [0.05, 0.1) is 9.79 Å². The van der Waals surface area contributed by atoms with Crippen molar-refractivity contribution in [1.82, 2.24) is 0 Å². The van der Waals surface area contributed by atoms with E-state index < -0.39 is 42.0 Å². The second-order valence-corrected chi connectivity index (χ2v) is 11.8. The van der Waals surface area contributed by atoms with Crippen LogP contribution in [0.25, 0.3) is 0 Å². The molecule has 0 saturated carbocycles. The van der Waals surface area contributed by atoms with E-state index in [0.717, 1.165) is 63.5 Å². The first-order valence-corrected chi connectivity index (χ1v) is 16.2. The average Bonchev–Trinajstić information content (AvgIpc) is 2.88. The largest absolute Gasteiger partial charge is 1.00 e.